The summed E-state index contributed by atoms with van der Waals surface area (Å²) in [7, 11) is 0. The molecule has 1 heterocycles. The summed E-state index contributed by atoms with van der Waals surface area (Å²) in [6.07, 6.45) is 3.47. The van der Waals surface area contributed by atoms with Gasteiger partial charge in [0.2, 0.25) is 0 Å². The van der Waals surface area contributed by atoms with E-state index in [2.05, 4.69) is 15.6 Å². The zero-order valence-electron chi connectivity index (χ0n) is 10.2. The highest BCUT2D eigenvalue weighted by atomic mass is 32.2. The zero-order chi connectivity index (χ0) is 12.8. The summed E-state index contributed by atoms with van der Waals surface area (Å²) in [5.41, 5.74) is 1.00. The number of thioether (sulfide) groups is 1. The summed E-state index contributed by atoms with van der Waals surface area (Å²) in [5.74, 6) is 0. The average Bonchev–Trinajstić information content (AvgIpc) is 2.31. The van der Waals surface area contributed by atoms with Crippen molar-refractivity contribution in [3.05, 3.63) is 28.2 Å². The third-order valence-electron chi connectivity index (χ3n) is 2.30. The van der Waals surface area contributed by atoms with Gasteiger partial charge in [-0.1, -0.05) is 6.92 Å². The normalized spacial score (nSPS) is 11.9. The molecule has 2 amide bonds. The van der Waals surface area contributed by atoms with Crippen LogP contribution in [0.25, 0.3) is 0 Å². The van der Waals surface area contributed by atoms with E-state index >= 15 is 0 Å². The third-order valence-corrected chi connectivity index (χ3v) is 3.27. The van der Waals surface area contributed by atoms with Gasteiger partial charge >= 0.3 is 6.03 Å². The molecule has 0 bridgehead atoms. The van der Waals surface area contributed by atoms with Crippen LogP contribution in [0.2, 0.25) is 0 Å². The lowest BCUT2D eigenvalue weighted by molar-refractivity contribution is 0.252. The van der Waals surface area contributed by atoms with Gasteiger partial charge in [-0.15, -0.1) is 0 Å². The van der Waals surface area contributed by atoms with Gasteiger partial charge < -0.3 is 15.6 Å². The molecule has 3 N–H and O–H groups in total. The van der Waals surface area contributed by atoms with Gasteiger partial charge in [0, 0.05) is 23.6 Å². The van der Waals surface area contributed by atoms with Crippen LogP contribution in [0.4, 0.5) is 10.5 Å². The molecular formula is C11H17N3O2S. The first-order valence-corrected chi connectivity index (χ1v) is 6.58. The highest BCUT2D eigenvalue weighted by molar-refractivity contribution is 7.99. The number of hydrogen-bond acceptors (Lipinski definition) is 3. The summed E-state index contributed by atoms with van der Waals surface area (Å²) in [5, 5.41) is 5.79. The predicted molar refractivity (Wildman–Crippen MR) is 71.8 cm³/mol. The lowest BCUT2D eigenvalue weighted by Gasteiger charge is -2.11. The second-order valence-electron chi connectivity index (χ2n) is 3.78. The molecule has 1 aromatic heterocycles. The van der Waals surface area contributed by atoms with Crippen LogP contribution in [0.5, 0.6) is 0 Å². The standard InChI is InChI=1S/C11H17N3O2S/c1-7-4-9(6-12-10(7)15)14-11(16)13-5-8(2)17-3/h4,6,8H,5H2,1-3H3,(H,12,15)(H2,13,14,16)/t8-/m1/s1. The smallest absolute Gasteiger partial charge is 0.319 e. The predicted octanol–water partition coefficient (Wildman–Crippen LogP) is 1.56. The fourth-order valence-electron chi connectivity index (χ4n) is 1.16. The quantitative estimate of drug-likeness (QED) is 0.764. The number of aromatic amines is 1. The maximum atomic E-state index is 11.5. The molecule has 0 aliphatic rings. The number of anilines is 1. The van der Waals surface area contributed by atoms with E-state index in [0.29, 0.717) is 23.0 Å². The van der Waals surface area contributed by atoms with Gasteiger partial charge in [-0.2, -0.15) is 11.8 Å². The Morgan fingerprint density at radius 1 is 1.59 bits per heavy atom. The largest absolute Gasteiger partial charge is 0.337 e. The molecule has 5 nitrogen and oxygen atoms in total. The first kappa shape index (κ1) is 13.6. The number of H-pyrrole nitrogens is 1. The van der Waals surface area contributed by atoms with E-state index in [1.165, 1.54) is 6.20 Å². The van der Waals surface area contributed by atoms with Gasteiger partial charge in [0.05, 0.1) is 5.69 Å². The molecule has 1 atom stereocenters. The number of urea groups is 1. The number of nitrogens with one attached hydrogen (secondary N) is 3. The molecule has 0 saturated carbocycles. The van der Waals surface area contributed by atoms with E-state index < -0.39 is 0 Å². The SMILES string of the molecule is CS[C@H](C)CNC(=O)Nc1c[nH]c(=O)c(C)c1. The Bertz CT molecular complexity index is 445. The number of pyridine rings is 1. The van der Waals surface area contributed by atoms with Crippen LogP contribution in [0.1, 0.15) is 12.5 Å². The van der Waals surface area contributed by atoms with E-state index in [4.69, 9.17) is 0 Å². The fraction of sp³-hybridized carbons (Fsp3) is 0.455. The van der Waals surface area contributed by atoms with Crippen molar-refractivity contribution < 1.29 is 4.79 Å². The highest BCUT2D eigenvalue weighted by Gasteiger charge is 2.05. The van der Waals surface area contributed by atoms with E-state index in [9.17, 15) is 9.59 Å². The number of aromatic nitrogens is 1. The molecule has 1 aromatic rings. The summed E-state index contributed by atoms with van der Waals surface area (Å²) >= 11 is 1.69. The second-order valence-corrected chi connectivity index (χ2v) is 5.06. The van der Waals surface area contributed by atoms with E-state index in [1.54, 1.807) is 24.8 Å². The third kappa shape index (κ3) is 4.52. The first-order valence-electron chi connectivity index (χ1n) is 5.30. The Morgan fingerprint density at radius 3 is 2.88 bits per heavy atom. The first-order chi connectivity index (χ1) is 8.02. The molecule has 0 fully saturated rings. The minimum atomic E-state index is -0.266. The molecule has 0 spiro atoms. The van der Waals surface area contributed by atoms with Crippen molar-refractivity contribution in [2.24, 2.45) is 0 Å². The minimum Gasteiger partial charge on any atom is -0.337 e. The van der Waals surface area contributed by atoms with Gasteiger partial charge in [-0.25, -0.2) is 4.79 Å². The number of carbonyl (C=O) groups excluding carboxylic acids is 1. The number of carbonyl (C=O) groups is 1. The maximum absolute atomic E-state index is 11.5. The van der Waals surface area contributed by atoms with Gasteiger partial charge in [0.1, 0.15) is 0 Å². The van der Waals surface area contributed by atoms with Crippen molar-refractivity contribution >= 4 is 23.5 Å². The van der Waals surface area contributed by atoms with Crippen LogP contribution in [0.3, 0.4) is 0 Å². The van der Waals surface area contributed by atoms with Gasteiger partial charge in [-0.3, -0.25) is 4.79 Å². The number of rotatable bonds is 4. The Balaban J connectivity index is 2.50. The van der Waals surface area contributed by atoms with E-state index in [-0.39, 0.29) is 11.6 Å². The minimum absolute atomic E-state index is 0.146. The molecule has 6 heteroatoms. The Hall–Kier alpha value is -1.43. The van der Waals surface area contributed by atoms with Crippen LogP contribution >= 0.6 is 11.8 Å². The Labute approximate surface area is 104 Å². The van der Waals surface area contributed by atoms with Crippen molar-refractivity contribution in [3.63, 3.8) is 0 Å². The molecule has 0 saturated heterocycles. The van der Waals surface area contributed by atoms with Crippen LogP contribution < -0.4 is 16.2 Å². The van der Waals surface area contributed by atoms with Crippen LogP contribution in [0, 0.1) is 6.92 Å². The summed E-state index contributed by atoms with van der Waals surface area (Å²) in [6.45, 7) is 4.34. The summed E-state index contributed by atoms with van der Waals surface area (Å²) < 4.78 is 0. The second kappa shape index (κ2) is 6.34. The number of aryl methyl sites for hydroxylation is 1. The molecule has 17 heavy (non-hydrogen) atoms. The molecule has 0 aliphatic heterocycles. The van der Waals surface area contributed by atoms with Crippen molar-refractivity contribution in [1.29, 1.82) is 0 Å². The molecule has 94 valence electrons. The lowest BCUT2D eigenvalue weighted by atomic mass is 10.3. The van der Waals surface area contributed by atoms with Gasteiger partial charge in [0.15, 0.2) is 0 Å². The lowest BCUT2D eigenvalue weighted by Crippen LogP contribution is -2.33. The van der Waals surface area contributed by atoms with E-state index in [0.717, 1.165) is 0 Å². The molecule has 0 radical (unpaired) electrons. The molecule has 0 aromatic carbocycles. The number of amides is 2. The average molecular weight is 255 g/mol. The molecule has 0 unspecified atom stereocenters. The van der Waals surface area contributed by atoms with Crippen molar-refractivity contribution in [3.8, 4) is 0 Å². The monoisotopic (exact) mass is 255 g/mol. The zero-order valence-corrected chi connectivity index (χ0v) is 11.0. The summed E-state index contributed by atoms with van der Waals surface area (Å²) in [6, 6.07) is 1.37. The molecular weight excluding hydrogens is 238 g/mol. The van der Waals surface area contributed by atoms with Gasteiger partial charge in [0.25, 0.3) is 5.56 Å². The van der Waals surface area contributed by atoms with Crippen molar-refractivity contribution in [2.75, 3.05) is 18.1 Å². The molecule has 1 rings (SSSR count). The fourth-order valence-corrected chi connectivity index (χ4v) is 1.41. The van der Waals surface area contributed by atoms with E-state index in [1.807, 2.05) is 13.2 Å². The van der Waals surface area contributed by atoms with Crippen molar-refractivity contribution in [2.45, 2.75) is 19.1 Å². The van der Waals surface area contributed by atoms with Crippen molar-refractivity contribution in [1.82, 2.24) is 10.3 Å². The van der Waals surface area contributed by atoms with Crippen LogP contribution in [-0.2, 0) is 0 Å². The van der Waals surface area contributed by atoms with Crippen LogP contribution in [-0.4, -0.2) is 29.1 Å². The molecule has 0 aliphatic carbocycles. The maximum Gasteiger partial charge on any atom is 0.319 e. The Kier molecular flexibility index (Phi) is 5.09. The highest BCUT2D eigenvalue weighted by Crippen LogP contribution is 2.05. The van der Waals surface area contributed by atoms with Crippen LogP contribution in [0.15, 0.2) is 17.1 Å². The Morgan fingerprint density at radius 2 is 2.29 bits per heavy atom. The van der Waals surface area contributed by atoms with Gasteiger partial charge in [-0.05, 0) is 19.2 Å². The summed E-state index contributed by atoms with van der Waals surface area (Å²) in [4.78, 5) is 25.2. The topological polar surface area (TPSA) is 74.0 Å². The number of hydrogen-bond donors (Lipinski definition) is 3.